The lowest BCUT2D eigenvalue weighted by atomic mass is 10.1. The van der Waals surface area contributed by atoms with Crippen LogP contribution in [0, 0.1) is 6.92 Å². The van der Waals surface area contributed by atoms with Gasteiger partial charge in [0.1, 0.15) is 17.8 Å². The van der Waals surface area contributed by atoms with Crippen LogP contribution in [0.4, 0.5) is 5.82 Å². The van der Waals surface area contributed by atoms with E-state index in [1.807, 2.05) is 31.2 Å². The highest BCUT2D eigenvalue weighted by molar-refractivity contribution is 7.91. The van der Waals surface area contributed by atoms with Crippen LogP contribution in [-0.4, -0.2) is 41.8 Å². The van der Waals surface area contributed by atoms with Gasteiger partial charge in [-0.05, 0) is 24.5 Å². The standard InChI is InChI=1S/C17H20N4O3S/c1-12-4-2-3-5-13(12)9-18-16-8-15(19-11-20-16)17(22)21-14-6-7-25(23,24)10-14/h2-5,8,11,14H,6-7,9-10H2,1H3,(H,21,22)(H,18,19,20). The maximum Gasteiger partial charge on any atom is 0.270 e. The Hall–Kier alpha value is -2.48. The summed E-state index contributed by atoms with van der Waals surface area (Å²) in [6.45, 7) is 2.62. The summed E-state index contributed by atoms with van der Waals surface area (Å²) in [6, 6.07) is 9.23. The zero-order valence-corrected chi connectivity index (χ0v) is 14.7. The SMILES string of the molecule is Cc1ccccc1CNc1cc(C(=O)NC2CCS(=O)(=O)C2)ncn1. The first-order chi connectivity index (χ1) is 11.9. The molecule has 25 heavy (non-hydrogen) atoms. The minimum absolute atomic E-state index is 0.0117. The van der Waals surface area contributed by atoms with Gasteiger partial charge in [0.2, 0.25) is 0 Å². The van der Waals surface area contributed by atoms with E-state index in [4.69, 9.17) is 0 Å². The lowest BCUT2D eigenvalue weighted by Gasteiger charge is -2.11. The van der Waals surface area contributed by atoms with E-state index in [0.717, 1.165) is 5.56 Å². The first kappa shape index (κ1) is 17.3. The molecule has 1 fully saturated rings. The number of amides is 1. The van der Waals surface area contributed by atoms with Crippen molar-refractivity contribution < 1.29 is 13.2 Å². The molecule has 2 N–H and O–H groups in total. The Morgan fingerprint density at radius 3 is 2.80 bits per heavy atom. The zero-order chi connectivity index (χ0) is 17.9. The summed E-state index contributed by atoms with van der Waals surface area (Å²) in [7, 11) is -3.03. The van der Waals surface area contributed by atoms with Gasteiger partial charge in [0.15, 0.2) is 9.84 Å². The Bertz CT molecular complexity index is 883. The first-order valence-electron chi connectivity index (χ1n) is 8.05. The fourth-order valence-corrected chi connectivity index (χ4v) is 4.41. The second-order valence-electron chi connectivity index (χ2n) is 6.14. The predicted octanol–water partition coefficient (Wildman–Crippen LogP) is 1.31. The van der Waals surface area contributed by atoms with E-state index >= 15 is 0 Å². The highest BCUT2D eigenvalue weighted by Crippen LogP contribution is 2.13. The number of carbonyl (C=O) groups excluding carboxylic acids is 1. The molecule has 3 rings (SSSR count). The van der Waals surface area contributed by atoms with Crippen molar-refractivity contribution in [3.63, 3.8) is 0 Å². The third-order valence-corrected chi connectivity index (χ3v) is 5.96. The van der Waals surface area contributed by atoms with Crippen molar-refractivity contribution in [3.8, 4) is 0 Å². The number of rotatable bonds is 5. The van der Waals surface area contributed by atoms with Gasteiger partial charge < -0.3 is 10.6 Å². The zero-order valence-electron chi connectivity index (χ0n) is 13.9. The summed E-state index contributed by atoms with van der Waals surface area (Å²) in [5.41, 5.74) is 2.53. The van der Waals surface area contributed by atoms with Crippen LogP contribution in [0.25, 0.3) is 0 Å². The van der Waals surface area contributed by atoms with Crippen LogP contribution in [0.3, 0.4) is 0 Å². The van der Waals surface area contributed by atoms with E-state index < -0.39 is 9.84 Å². The van der Waals surface area contributed by atoms with Gasteiger partial charge >= 0.3 is 0 Å². The van der Waals surface area contributed by atoms with Crippen molar-refractivity contribution in [1.82, 2.24) is 15.3 Å². The molecule has 1 aromatic carbocycles. The molecule has 1 atom stereocenters. The number of aryl methyl sites for hydroxylation is 1. The number of aromatic nitrogens is 2. The minimum Gasteiger partial charge on any atom is -0.366 e. The number of nitrogens with zero attached hydrogens (tertiary/aromatic N) is 2. The molecule has 0 bridgehead atoms. The minimum atomic E-state index is -3.03. The van der Waals surface area contributed by atoms with E-state index in [-0.39, 0.29) is 29.1 Å². The highest BCUT2D eigenvalue weighted by Gasteiger charge is 2.29. The molecule has 2 aromatic rings. The molecule has 1 aromatic heterocycles. The lowest BCUT2D eigenvalue weighted by molar-refractivity contribution is 0.0936. The van der Waals surface area contributed by atoms with Gasteiger partial charge in [0.25, 0.3) is 5.91 Å². The first-order valence-corrected chi connectivity index (χ1v) is 9.87. The fourth-order valence-electron chi connectivity index (χ4n) is 2.74. The molecule has 1 aliphatic heterocycles. The molecule has 0 aliphatic carbocycles. The molecule has 8 heteroatoms. The molecule has 2 heterocycles. The van der Waals surface area contributed by atoms with Gasteiger partial charge in [-0.3, -0.25) is 4.79 Å². The molecule has 7 nitrogen and oxygen atoms in total. The second kappa shape index (κ2) is 7.18. The number of benzene rings is 1. The molecule has 1 aliphatic rings. The number of hydrogen-bond donors (Lipinski definition) is 2. The normalized spacial score (nSPS) is 18.7. The Balaban J connectivity index is 1.63. The Kier molecular flexibility index (Phi) is 4.98. The largest absolute Gasteiger partial charge is 0.366 e. The van der Waals surface area contributed by atoms with Gasteiger partial charge in [0.05, 0.1) is 11.5 Å². The van der Waals surface area contributed by atoms with Crippen molar-refractivity contribution in [2.45, 2.75) is 25.9 Å². The summed E-state index contributed by atoms with van der Waals surface area (Å²) in [4.78, 5) is 20.4. The molecular weight excluding hydrogens is 340 g/mol. The highest BCUT2D eigenvalue weighted by atomic mass is 32.2. The van der Waals surface area contributed by atoms with Gasteiger partial charge in [-0.2, -0.15) is 0 Å². The molecule has 0 spiro atoms. The molecule has 0 radical (unpaired) electrons. The molecule has 1 saturated heterocycles. The monoisotopic (exact) mass is 360 g/mol. The maximum atomic E-state index is 12.3. The molecule has 0 saturated carbocycles. The van der Waals surface area contributed by atoms with E-state index in [0.29, 0.717) is 18.8 Å². The molecular formula is C17H20N4O3S. The lowest BCUT2D eigenvalue weighted by Crippen LogP contribution is -2.36. The number of nitrogens with one attached hydrogen (secondary N) is 2. The molecule has 132 valence electrons. The smallest absolute Gasteiger partial charge is 0.270 e. The van der Waals surface area contributed by atoms with E-state index in [2.05, 4.69) is 20.6 Å². The van der Waals surface area contributed by atoms with Crippen LogP contribution in [0.5, 0.6) is 0 Å². The fraction of sp³-hybridized carbons (Fsp3) is 0.353. The van der Waals surface area contributed by atoms with Crippen LogP contribution in [0.1, 0.15) is 28.0 Å². The molecule has 1 unspecified atom stereocenters. The second-order valence-corrected chi connectivity index (χ2v) is 8.37. The van der Waals surface area contributed by atoms with Crippen LogP contribution in [-0.2, 0) is 16.4 Å². The van der Waals surface area contributed by atoms with Crippen LogP contribution < -0.4 is 10.6 Å². The van der Waals surface area contributed by atoms with E-state index in [9.17, 15) is 13.2 Å². The average molecular weight is 360 g/mol. The van der Waals surface area contributed by atoms with Gasteiger partial charge in [-0.1, -0.05) is 24.3 Å². The maximum absolute atomic E-state index is 12.3. The number of hydrogen-bond acceptors (Lipinski definition) is 6. The van der Waals surface area contributed by atoms with Gasteiger partial charge in [-0.25, -0.2) is 18.4 Å². The van der Waals surface area contributed by atoms with Crippen molar-refractivity contribution in [1.29, 1.82) is 0 Å². The summed E-state index contributed by atoms with van der Waals surface area (Å²) in [5.74, 6) is 0.263. The van der Waals surface area contributed by atoms with Gasteiger partial charge in [0, 0.05) is 18.7 Å². The van der Waals surface area contributed by atoms with Crippen LogP contribution >= 0.6 is 0 Å². The predicted molar refractivity (Wildman–Crippen MR) is 95.1 cm³/mol. The summed E-state index contributed by atoms with van der Waals surface area (Å²) in [6.07, 6.45) is 1.76. The number of sulfone groups is 1. The van der Waals surface area contributed by atoms with Gasteiger partial charge in [-0.15, -0.1) is 0 Å². The quantitative estimate of drug-likeness (QED) is 0.834. The van der Waals surface area contributed by atoms with Crippen molar-refractivity contribution in [2.75, 3.05) is 16.8 Å². The number of anilines is 1. The van der Waals surface area contributed by atoms with E-state index in [1.165, 1.54) is 11.9 Å². The summed E-state index contributed by atoms with van der Waals surface area (Å²) in [5, 5.41) is 5.90. The van der Waals surface area contributed by atoms with Crippen LogP contribution in [0.15, 0.2) is 36.7 Å². The van der Waals surface area contributed by atoms with E-state index in [1.54, 1.807) is 6.07 Å². The topological polar surface area (TPSA) is 101 Å². The summed E-state index contributed by atoms with van der Waals surface area (Å²) < 4.78 is 22.9. The third kappa shape index (κ3) is 4.54. The Morgan fingerprint density at radius 1 is 1.28 bits per heavy atom. The van der Waals surface area contributed by atoms with Crippen LogP contribution in [0.2, 0.25) is 0 Å². The molecule has 1 amide bonds. The van der Waals surface area contributed by atoms with Crippen molar-refractivity contribution in [2.24, 2.45) is 0 Å². The van der Waals surface area contributed by atoms with Crippen molar-refractivity contribution in [3.05, 3.63) is 53.5 Å². The summed E-state index contributed by atoms with van der Waals surface area (Å²) >= 11 is 0. The third-order valence-electron chi connectivity index (χ3n) is 4.19. The van der Waals surface area contributed by atoms with Crippen molar-refractivity contribution >= 4 is 21.6 Å². The average Bonchev–Trinajstić information content (AvgIpc) is 2.93. The number of carbonyl (C=O) groups is 1. The Morgan fingerprint density at radius 2 is 2.08 bits per heavy atom. The Labute approximate surface area is 146 Å².